The number of nitrogens with zero attached hydrogens (tertiary/aromatic N) is 1. The lowest BCUT2D eigenvalue weighted by Crippen LogP contribution is -2.03. The third kappa shape index (κ3) is 2.67. The van der Waals surface area contributed by atoms with Crippen LogP contribution in [0.2, 0.25) is 0 Å². The zero-order chi connectivity index (χ0) is 14.8. The van der Waals surface area contributed by atoms with E-state index in [4.69, 9.17) is 9.47 Å². The zero-order valence-corrected chi connectivity index (χ0v) is 13.0. The zero-order valence-electron chi connectivity index (χ0n) is 11.4. The third-order valence-corrected chi connectivity index (χ3v) is 4.13. The molecule has 0 unspecified atom stereocenters. The Balaban J connectivity index is 1.83. The van der Waals surface area contributed by atoms with E-state index >= 15 is 0 Å². The summed E-state index contributed by atoms with van der Waals surface area (Å²) < 4.78 is 11.7. The van der Waals surface area contributed by atoms with Crippen molar-refractivity contribution in [2.24, 2.45) is 0 Å². The SMILES string of the molecule is Cc1cccc(NCc2cc3c(cc2Br)OCO3)c1C#N. The van der Waals surface area contributed by atoms with Gasteiger partial charge < -0.3 is 14.8 Å². The molecule has 0 bridgehead atoms. The van der Waals surface area contributed by atoms with Gasteiger partial charge in [0.15, 0.2) is 11.5 Å². The van der Waals surface area contributed by atoms with E-state index in [1.807, 2.05) is 37.3 Å². The molecule has 0 spiro atoms. The van der Waals surface area contributed by atoms with E-state index in [2.05, 4.69) is 27.3 Å². The predicted molar refractivity (Wildman–Crippen MR) is 83.5 cm³/mol. The minimum Gasteiger partial charge on any atom is -0.454 e. The van der Waals surface area contributed by atoms with Gasteiger partial charge in [-0.1, -0.05) is 28.1 Å². The normalized spacial score (nSPS) is 12.0. The molecule has 1 aliphatic rings. The van der Waals surface area contributed by atoms with E-state index in [0.717, 1.165) is 32.8 Å². The first kappa shape index (κ1) is 13.8. The highest BCUT2D eigenvalue weighted by atomic mass is 79.9. The maximum atomic E-state index is 9.24. The Bertz CT molecular complexity index is 738. The van der Waals surface area contributed by atoms with Crippen LogP contribution in [0.3, 0.4) is 0 Å². The number of nitrogens with one attached hydrogen (secondary N) is 1. The van der Waals surface area contributed by atoms with Gasteiger partial charge in [-0.25, -0.2) is 0 Å². The Morgan fingerprint density at radius 3 is 2.81 bits per heavy atom. The van der Waals surface area contributed by atoms with E-state index in [1.165, 1.54) is 0 Å². The second kappa shape index (κ2) is 5.66. The highest BCUT2D eigenvalue weighted by Gasteiger charge is 2.16. The molecule has 2 aromatic carbocycles. The summed E-state index contributed by atoms with van der Waals surface area (Å²) in [6.07, 6.45) is 0. The highest BCUT2D eigenvalue weighted by Crippen LogP contribution is 2.37. The lowest BCUT2D eigenvalue weighted by Gasteiger charge is -2.11. The Morgan fingerprint density at radius 1 is 1.29 bits per heavy atom. The van der Waals surface area contributed by atoms with Gasteiger partial charge in [-0.05, 0) is 36.2 Å². The van der Waals surface area contributed by atoms with Crippen LogP contribution in [-0.2, 0) is 6.54 Å². The molecule has 0 saturated heterocycles. The van der Waals surface area contributed by atoms with Gasteiger partial charge in [-0.15, -0.1) is 0 Å². The summed E-state index contributed by atoms with van der Waals surface area (Å²) in [5.74, 6) is 1.50. The molecule has 0 fully saturated rings. The average Bonchev–Trinajstić information content (AvgIpc) is 2.91. The van der Waals surface area contributed by atoms with E-state index in [1.54, 1.807) is 0 Å². The van der Waals surface area contributed by atoms with Crippen LogP contribution in [0.15, 0.2) is 34.8 Å². The molecular weight excluding hydrogens is 332 g/mol. The van der Waals surface area contributed by atoms with Crippen molar-refractivity contribution in [1.82, 2.24) is 0 Å². The maximum Gasteiger partial charge on any atom is 0.231 e. The largest absolute Gasteiger partial charge is 0.454 e. The topological polar surface area (TPSA) is 54.3 Å². The second-order valence-corrected chi connectivity index (χ2v) is 5.61. The fraction of sp³-hybridized carbons (Fsp3) is 0.188. The highest BCUT2D eigenvalue weighted by molar-refractivity contribution is 9.10. The van der Waals surface area contributed by atoms with Gasteiger partial charge in [0.2, 0.25) is 6.79 Å². The average molecular weight is 345 g/mol. The van der Waals surface area contributed by atoms with Gasteiger partial charge in [0.05, 0.1) is 11.3 Å². The second-order valence-electron chi connectivity index (χ2n) is 4.76. The Hall–Kier alpha value is -2.19. The standard InChI is InChI=1S/C16H13BrN2O2/c1-10-3-2-4-14(12(10)7-18)19-8-11-5-15-16(6-13(11)17)21-9-20-15/h2-6,19H,8-9H2,1H3. The molecule has 2 aromatic rings. The van der Waals surface area contributed by atoms with Crippen LogP contribution in [-0.4, -0.2) is 6.79 Å². The van der Waals surface area contributed by atoms with E-state index in [9.17, 15) is 5.26 Å². The summed E-state index contributed by atoms with van der Waals surface area (Å²) in [4.78, 5) is 0. The summed E-state index contributed by atoms with van der Waals surface area (Å²) in [5, 5.41) is 12.5. The molecule has 1 aliphatic heterocycles. The number of ether oxygens (including phenoxy) is 2. The van der Waals surface area contributed by atoms with Gasteiger partial charge in [-0.2, -0.15) is 5.26 Å². The number of aryl methyl sites for hydroxylation is 1. The molecule has 3 rings (SSSR count). The number of halogens is 1. The Kier molecular flexibility index (Phi) is 3.72. The van der Waals surface area contributed by atoms with Crippen molar-refractivity contribution < 1.29 is 9.47 Å². The van der Waals surface area contributed by atoms with Crippen LogP contribution < -0.4 is 14.8 Å². The minimum absolute atomic E-state index is 0.259. The Morgan fingerprint density at radius 2 is 2.05 bits per heavy atom. The molecular formula is C16H13BrN2O2. The summed E-state index contributed by atoms with van der Waals surface area (Å²) in [6, 6.07) is 11.9. The van der Waals surface area contributed by atoms with Crippen molar-refractivity contribution in [2.45, 2.75) is 13.5 Å². The summed E-state index contributed by atoms with van der Waals surface area (Å²) in [7, 11) is 0. The smallest absolute Gasteiger partial charge is 0.231 e. The molecule has 0 aromatic heterocycles. The van der Waals surface area contributed by atoms with Crippen molar-refractivity contribution >= 4 is 21.6 Å². The van der Waals surface area contributed by atoms with Crippen molar-refractivity contribution in [2.75, 3.05) is 12.1 Å². The van der Waals surface area contributed by atoms with Crippen LogP contribution in [0.4, 0.5) is 5.69 Å². The summed E-state index contributed by atoms with van der Waals surface area (Å²) in [6.45, 7) is 2.78. The first-order chi connectivity index (χ1) is 10.2. The number of nitriles is 1. The van der Waals surface area contributed by atoms with E-state index in [0.29, 0.717) is 12.1 Å². The van der Waals surface area contributed by atoms with Gasteiger partial charge in [0.25, 0.3) is 0 Å². The molecule has 21 heavy (non-hydrogen) atoms. The van der Waals surface area contributed by atoms with Crippen molar-refractivity contribution in [3.63, 3.8) is 0 Å². The number of hydrogen-bond donors (Lipinski definition) is 1. The molecule has 0 aliphatic carbocycles. The fourth-order valence-electron chi connectivity index (χ4n) is 2.25. The quantitative estimate of drug-likeness (QED) is 0.915. The van der Waals surface area contributed by atoms with Crippen molar-refractivity contribution in [3.05, 3.63) is 51.5 Å². The molecule has 5 heteroatoms. The van der Waals surface area contributed by atoms with Gasteiger partial charge >= 0.3 is 0 Å². The first-order valence-electron chi connectivity index (χ1n) is 6.50. The lowest BCUT2D eigenvalue weighted by molar-refractivity contribution is 0.174. The third-order valence-electron chi connectivity index (χ3n) is 3.40. The number of hydrogen-bond acceptors (Lipinski definition) is 4. The number of rotatable bonds is 3. The molecule has 1 N–H and O–H groups in total. The van der Waals surface area contributed by atoms with Crippen molar-refractivity contribution in [1.29, 1.82) is 5.26 Å². The van der Waals surface area contributed by atoms with Crippen LogP contribution in [0, 0.1) is 18.3 Å². The number of fused-ring (bicyclic) bond motifs is 1. The minimum atomic E-state index is 0.259. The fourth-order valence-corrected chi connectivity index (χ4v) is 2.71. The summed E-state index contributed by atoms with van der Waals surface area (Å²) in [5.41, 5.74) is 3.52. The van der Waals surface area contributed by atoms with Gasteiger partial charge in [-0.3, -0.25) is 0 Å². The van der Waals surface area contributed by atoms with Gasteiger partial charge in [0, 0.05) is 11.0 Å². The monoisotopic (exact) mass is 344 g/mol. The van der Waals surface area contributed by atoms with Gasteiger partial charge in [0.1, 0.15) is 6.07 Å². The van der Waals surface area contributed by atoms with E-state index in [-0.39, 0.29) is 6.79 Å². The van der Waals surface area contributed by atoms with Crippen LogP contribution >= 0.6 is 15.9 Å². The molecule has 4 nitrogen and oxygen atoms in total. The molecule has 0 radical (unpaired) electrons. The van der Waals surface area contributed by atoms with Crippen LogP contribution in [0.1, 0.15) is 16.7 Å². The lowest BCUT2D eigenvalue weighted by atomic mass is 10.1. The van der Waals surface area contributed by atoms with E-state index < -0.39 is 0 Å². The first-order valence-corrected chi connectivity index (χ1v) is 7.30. The number of benzene rings is 2. The maximum absolute atomic E-state index is 9.24. The molecule has 0 atom stereocenters. The predicted octanol–water partition coefficient (Wildman–Crippen LogP) is 3.97. The van der Waals surface area contributed by atoms with Crippen LogP contribution in [0.5, 0.6) is 11.5 Å². The molecule has 0 saturated carbocycles. The molecule has 1 heterocycles. The molecule has 0 amide bonds. The summed E-state index contributed by atoms with van der Waals surface area (Å²) >= 11 is 3.53. The van der Waals surface area contributed by atoms with Crippen molar-refractivity contribution in [3.8, 4) is 17.6 Å². The number of anilines is 1. The Labute approximate surface area is 131 Å². The molecule has 106 valence electrons. The van der Waals surface area contributed by atoms with Crippen LogP contribution in [0.25, 0.3) is 0 Å².